The fourth-order valence-corrected chi connectivity index (χ4v) is 5.37. The molecule has 0 bridgehead atoms. The third kappa shape index (κ3) is 5.36. The molecule has 0 spiro atoms. The SMILES string of the molecule is CCC(C)O[Si](OC(C)CC)(OC(C)CC)C1=CCC=C1. The molecule has 0 fully saturated rings. The van der Waals surface area contributed by atoms with Gasteiger partial charge in [-0.05, 0) is 46.5 Å². The minimum absolute atomic E-state index is 0.139. The molecule has 0 saturated carbocycles. The van der Waals surface area contributed by atoms with Gasteiger partial charge in [0.2, 0.25) is 0 Å². The predicted molar refractivity (Wildman–Crippen MR) is 90.1 cm³/mol. The summed E-state index contributed by atoms with van der Waals surface area (Å²) in [5.41, 5.74) is 0. The summed E-state index contributed by atoms with van der Waals surface area (Å²) in [5.74, 6) is 0. The van der Waals surface area contributed by atoms with Crippen LogP contribution < -0.4 is 0 Å². The van der Waals surface area contributed by atoms with Crippen molar-refractivity contribution in [3.63, 3.8) is 0 Å². The van der Waals surface area contributed by atoms with E-state index in [0.717, 1.165) is 30.9 Å². The molecular formula is C17H32O3Si. The Hall–Kier alpha value is -0.423. The van der Waals surface area contributed by atoms with Crippen LogP contribution in [-0.4, -0.2) is 27.1 Å². The second-order valence-corrected chi connectivity index (χ2v) is 8.26. The number of hydrogen-bond donors (Lipinski definition) is 0. The molecule has 0 aromatic heterocycles. The second-order valence-electron chi connectivity index (χ2n) is 5.86. The van der Waals surface area contributed by atoms with E-state index >= 15 is 0 Å². The first kappa shape index (κ1) is 18.6. The first-order chi connectivity index (χ1) is 9.97. The van der Waals surface area contributed by atoms with Gasteiger partial charge in [0.25, 0.3) is 0 Å². The standard InChI is InChI=1S/C17H32O3Si/c1-7-14(4)18-21(19-15(5)8-2,20-16(6)9-3)17-12-10-11-13-17/h10,12-16H,7-9,11H2,1-6H3. The van der Waals surface area contributed by atoms with Crippen molar-refractivity contribution >= 4 is 8.80 Å². The Bertz CT molecular complexity index is 334. The van der Waals surface area contributed by atoms with Crippen LogP contribution in [0, 0.1) is 0 Å². The molecule has 0 aromatic rings. The smallest absolute Gasteiger partial charge is 0.367 e. The molecule has 0 radical (unpaired) electrons. The molecule has 0 aromatic carbocycles. The Balaban J connectivity index is 3.08. The topological polar surface area (TPSA) is 27.7 Å². The molecule has 0 amide bonds. The van der Waals surface area contributed by atoms with E-state index in [9.17, 15) is 0 Å². The van der Waals surface area contributed by atoms with Gasteiger partial charge in [0, 0.05) is 23.5 Å². The Labute approximate surface area is 131 Å². The zero-order valence-electron chi connectivity index (χ0n) is 14.5. The van der Waals surface area contributed by atoms with Gasteiger partial charge in [-0.25, -0.2) is 0 Å². The van der Waals surface area contributed by atoms with Gasteiger partial charge in [-0.15, -0.1) is 0 Å². The molecule has 0 N–H and O–H groups in total. The van der Waals surface area contributed by atoms with Crippen LogP contribution in [0.5, 0.6) is 0 Å². The quantitative estimate of drug-likeness (QED) is 0.542. The second kappa shape index (κ2) is 8.88. The fourth-order valence-electron chi connectivity index (χ4n) is 2.02. The van der Waals surface area contributed by atoms with Gasteiger partial charge in [-0.3, -0.25) is 0 Å². The van der Waals surface area contributed by atoms with Crippen LogP contribution in [0.4, 0.5) is 0 Å². The van der Waals surface area contributed by atoms with E-state index in [-0.39, 0.29) is 18.3 Å². The molecule has 3 atom stereocenters. The van der Waals surface area contributed by atoms with Crippen LogP contribution in [0.3, 0.4) is 0 Å². The molecule has 122 valence electrons. The molecule has 1 aliphatic rings. The third-order valence-corrected chi connectivity index (χ3v) is 7.13. The van der Waals surface area contributed by atoms with Gasteiger partial charge >= 0.3 is 8.80 Å². The van der Waals surface area contributed by atoms with Crippen LogP contribution in [0.15, 0.2) is 23.4 Å². The predicted octanol–water partition coefficient (Wildman–Crippen LogP) is 4.80. The summed E-state index contributed by atoms with van der Waals surface area (Å²) in [6, 6.07) is 0. The highest BCUT2D eigenvalue weighted by atomic mass is 28.4. The summed E-state index contributed by atoms with van der Waals surface area (Å²) in [6.07, 6.45) is 10.7. The van der Waals surface area contributed by atoms with Gasteiger partial charge in [0.05, 0.1) is 0 Å². The average molecular weight is 313 g/mol. The fraction of sp³-hybridized carbons (Fsp3) is 0.765. The monoisotopic (exact) mass is 312 g/mol. The lowest BCUT2D eigenvalue weighted by molar-refractivity contribution is -0.00251. The minimum Gasteiger partial charge on any atom is -0.367 e. The molecular weight excluding hydrogens is 280 g/mol. The molecule has 3 nitrogen and oxygen atoms in total. The van der Waals surface area contributed by atoms with Crippen LogP contribution in [0.25, 0.3) is 0 Å². The van der Waals surface area contributed by atoms with Crippen molar-refractivity contribution in [2.45, 2.75) is 85.5 Å². The Kier molecular flexibility index (Phi) is 7.88. The molecule has 1 aliphatic carbocycles. The normalized spacial score (nSPS) is 21.7. The van der Waals surface area contributed by atoms with Crippen LogP contribution >= 0.6 is 0 Å². The van der Waals surface area contributed by atoms with Crippen molar-refractivity contribution in [3.05, 3.63) is 23.4 Å². The zero-order valence-corrected chi connectivity index (χ0v) is 15.5. The number of hydrogen-bond acceptors (Lipinski definition) is 3. The summed E-state index contributed by atoms with van der Waals surface area (Å²) >= 11 is 0. The molecule has 21 heavy (non-hydrogen) atoms. The largest absolute Gasteiger partial charge is 0.537 e. The van der Waals surface area contributed by atoms with E-state index < -0.39 is 8.80 Å². The highest BCUT2D eigenvalue weighted by molar-refractivity contribution is 6.70. The summed E-state index contributed by atoms with van der Waals surface area (Å²) in [5, 5.41) is 1.13. The molecule has 0 aliphatic heterocycles. The lowest BCUT2D eigenvalue weighted by atomic mass is 10.3. The molecule has 0 heterocycles. The summed E-state index contributed by atoms with van der Waals surface area (Å²) < 4.78 is 19.2. The van der Waals surface area contributed by atoms with E-state index in [1.807, 2.05) is 0 Å². The summed E-state index contributed by atoms with van der Waals surface area (Å²) in [7, 11) is -2.84. The van der Waals surface area contributed by atoms with Gasteiger partial charge in [-0.1, -0.05) is 39.0 Å². The van der Waals surface area contributed by atoms with Crippen molar-refractivity contribution in [2.24, 2.45) is 0 Å². The van der Waals surface area contributed by atoms with Crippen molar-refractivity contribution in [2.75, 3.05) is 0 Å². The van der Waals surface area contributed by atoms with Gasteiger partial charge in [0.15, 0.2) is 0 Å². The van der Waals surface area contributed by atoms with Crippen molar-refractivity contribution in [1.82, 2.24) is 0 Å². The summed E-state index contributed by atoms with van der Waals surface area (Å²) in [6.45, 7) is 12.7. The Morgan fingerprint density at radius 2 is 1.33 bits per heavy atom. The number of rotatable bonds is 10. The zero-order chi connectivity index (χ0) is 15.9. The van der Waals surface area contributed by atoms with Crippen molar-refractivity contribution in [1.29, 1.82) is 0 Å². The summed E-state index contributed by atoms with van der Waals surface area (Å²) in [4.78, 5) is 0. The van der Waals surface area contributed by atoms with Crippen LogP contribution in [0.2, 0.25) is 0 Å². The number of allylic oxidation sites excluding steroid dienone is 4. The molecule has 0 saturated heterocycles. The highest BCUT2D eigenvalue weighted by Gasteiger charge is 2.48. The van der Waals surface area contributed by atoms with Gasteiger partial charge in [0.1, 0.15) is 0 Å². The molecule has 4 heteroatoms. The Morgan fingerprint density at radius 1 is 0.905 bits per heavy atom. The van der Waals surface area contributed by atoms with E-state index in [1.165, 1.54) is 0 Å². The van der Waals surface area contributed by atoms with Crippen LogP contribution in [-0.2, 0) is 13.3 Å². The van der Waals surface area contributed by atoms with Crippen molar-refractivity contribution in [3.8, 4) is 0 Å². The first-order valence-corrected chi connectivity index (χ1v) is 10.1. The van der Waals surface area contributed by atoms with Crippen molar-refractivity contribution < 1.29 is 13.3 Å². The van der Waals surface area contributed by atoms with Crippen LogP contribution in [0.1, 0.15) is 67.2 Å². The minimum atomic E-state index is -2.84. The third-order valence-electron chi connectivity index (χ3n) is 3.92. The van der Waals surface area contributed by atoms with Gasteiger partial charge in [-0.2, -0.15) is 0 Å². The average Bonchev–Trinajstić information content (AvgIpc) is 3.01. The maximum atomic E-state index is 6.39. The van der Waals surface area contributed by atoms with E-state index in [0.29, 0.717) is 0 Å². The van der Waals surface area contributed by atoms with Gasteiger partial charge < -0.3 is 13.3 Å². The highest BCUT2D eigenvalue weighted by Crippen LogP contribution is 2.30. The lowest BCUT2D eigenvalue weighted by Crippen LogP contribution is -2.53. The van der Waals surface area contributed by atoms with E-state index in [2.05, 4.69) is 59.8 Å². The maximum absolute atomic E-state index is 6.39. The molecule has 1 rings (SSSR count). The van der Waals surface area contributed by atoms with E-state index in [1.54, 1.807) is 0 Å². The molecule has 3 unspecified atom stereocenters. The maximum Gasteiger partial charge on any atom is 0.537 e. The van der Waals surface area contributed by atoms with E-state index in [4.69, 9.17) is 13.3 Å². The lowest BCUT2D eigenvalue weighted by Gasteiger charge is -2.36. The Morgan fingerprint density at radius 3 is 1.62 bits per heavy atom. The first-order valence-electron chi connectivity index (χ1n) is 8.37.